The van der Waals surface area contributed by atoms with Crippen LogP contribution in [0.5, 0.6) is 23.4 Å². The van der Waals surface area contributed by atoms with Crippen LogP contribution in [-0.4, -0.2) is 43.5 Å². The molecule has 0 bridgehead atoms. The van der Waals surface area contributed by atoms with Crippen LogP contribution in [0.1, 0.15) is 35.6 Å². The lowest BCUT2D eigenvalue weighted by Crippen LogP contribution is -2.31. The summed E-state index contributed by atoms with van der Waals surface area (Å²) in [5, 5.41) is -0.276. The quantitative estimate of drug-likeness (QED) is 0.314. The molecule has 0 unspecified atom stereocenters. The molecule has 0 aliphatic carbocycles. The van der Waals surface area contributed by atoms with Crippen molar-refractivity contribution in [1.82, 2.24) is 19.7 Å². The summed E-state index contributed by atoms with van der Waals surface area (Å²) in [5.41, 5.74) is 4.01. The number of nitrogens with one attached hydrogen (secondary N) is 1. The molecule has 206 valence electrons. The van der Waals surface area contributed by atoms with E-state index in [9.17, 15) is 13.2 Å². The van der Waals surface area contributed by atoms with Crippen LogP contribution in [0, 0.1) is 27.7 Å². The molecule has 0 aliphatic heterocycles. The molecule has 0 atom stereocenters. The molecular weight excluding hydrogens is 520 g/mol. The first-order valence-electron chi connectivity index (χ1n) is 11.9. The van der Waals surface area contributed by atoms with Gasteiger partial charge in [0.1, 0.15) is 11.3 Å². The highest BCUT2D eigenvalue weighted by Crippen LogP contribution is 2.35. The number of amides is 1. The van der Waals surface area contributed by atoms with Crippen molar-refractivity contribution in [2.24, 2.45) is 0 Å². The van der Waals surface area contributed by atoms with Gasteiger partial charge in [0, 0.05) is 14.6 Å². The minimum absolute atomic E-state index is 0. The summed E-state index contributed by atoms with van der Waals surface area (Å²) in [4.78, 5) is 26.2. The van der Waals surface area contributed by atoms with Gasteiger partial charge in [-0.25, -0.2) is 14.7 Å². The van der Waals surface area contributed by atoms with E-state index in [1.54, 1.807) is 37.3 Å². The van der Waals surface area contributed by atoms with Crippen molar-refractivity contribution in [1.29, 1.82) is 0 Å². The van der Waals surface area contributed by atoms with Crippen molar-refractivity contribution in [3.8, 4) is 34.6 Å². The molecule has 4 rings (SSSR count). The van der Waals surface area contributed by atoms with Crippen molar-refractivity contribution in [2.45, 2.75) is 32.7 Å². The molecule has 0 saturated heterocycles. The first-order chi connectivity index (χ1) is 18.5. The average molecular weight is 553 g/mol. The van der Waals surface area contributed by atoms with Crippen LogP contribution in [0.2, 0.25) is 0 Å². The van der Waals surface area contributed by atoms with Gasteiger partial charge in [-0.1, -0.05) is 23.8 Å². The fraction of sp³-hybridized carbons (Fsp3) is 0.214. The number of rotatable bonds is 8. The highest BCUT2D eigenvalue weighted by atomic mass is 32.2. The molecule has 0 fully saturated rings. The molecule has 4 aromatic rings. The monoisotopic (exact) mass is 552 g/mol. The predicted molar refractivity (Wildman–Crippen MR) is 149 cm³/mol. The van der Waals surface area contributed by atoms with Gasteiger partial charge in [0.25, 0.3) is 15.9 Å². The minimum Gasteiger partial charge on any atom is -0.481 e. The number of pyridine rings is 3. The summed E-state index contributed by atoms with van der Waals surface area (Å²) in [5.74, 6) is 0.0898. The second-order valence-electron chi connectivity index (χ2n) is 8.84. The zero-order valence-corrected chi connectivity index (χ0v) is 23.2. The number of ether oxygens (including phenoxy) is 3. The van der Waals surface area contributed by atoms with E-state index in [0.29, 0.717) is 28.6 Å². The third-order valence-electron chi connectivity index (χ3n) is 5.79. The maximum atomic E-state index is 13.3. The Labute approximate surface area is 230 Å². The standard InChI is InChI=1S/C28H28N4O6S.2H2/c1-16-14-17(2)25(18(3)15-16)38-28-21(26(33)32-39(34,35)24-9-7-8-19(4)29-24)10-12-22(30-28)20-11-13-23(36-5)31-27(20)37-6;;/h7-15H,1-6H3,(H,32,33);2*1H. The second-order valence-corrected chi connectivity index (χ2v) is 10.5. The molecule has 11 heteroatoms. The Morgan fingerprint density at radius 1 is 0.846 bits per heavy atom. The molecule has 0 aliphatic rings. The molecule has 1 aromatic carbocycles. The Balaban J connectivity index is 0.00000294. The molecular formula is C28H32N4O6S. The maximum absolute atomic E-state index is 13.3. The predicted octanol–water partition coefficient (Wildman–Crippen LogP) is 5.19. The number of benzene rings is 1. The number of carbonyl (C=O) groups excluding carboxylic acids is 1. The molecule has 3 aromatic heterocycles. The van der Waals surface area contributed by atoms with E-state index in [1.165, 1.54) is 26.4 Å². The normalized spacial score (nSPS) is 11.1. The Hall–Kier alpha value is -4.51. The van der Waals surface area contributed by atoms with Crippen LogP contribution in [-0.2, 0) is 10.0 Å². The molecule has 39 heavy (non-hydrogen) atoms. The zero-order chi connectivity index (χ0) is 28.3. The van der Waals surface area contributed by atoms with Crippen molar-refractivity contribution in [2.75, 3.05) is 14.2 Å². The molecule has 0 radical (unpaired) electrons. The topological polar surface area (TPSA) is 130 Å². The van der Waals surface area contributed by atoms with Crippen molar-refractivity contribution >= 4 is 15.9 Å². The van der Waals surface area contributed by atoms with Crippen LogP contribution in [0.3, 0.4) is 0 Å². The molecule has 1 N–H and O–H groups in total. The summed E-state index contributed by atoms with van der Waals surface area (Å²) >= 11 is 0. The number of nitrogens with zero attached hydrogens (tertiary/aromatic N) is 3. The lowest BCUT2D eigenvalue weighted by atomic mass is 10.1. The van der Waals surface area contributed by atoms with E-state index in [2.05, 4.69) is 19.7 Å². The number of hydrogen-bond acceptors (Lipinski definition) is 9. The van der Waals surface area contributed by atoms with Crippen LogP contribution >= 0.6 is 0 Å². The number of methoxy groups -OCH3 is 2. The van der Waals surface area contributed by atoms with E-state index in [0.717, 1.165) is 16.7 Å². The van der Waals surface area contributed by atoms with Gasteiger partial charge in [-0.3, -0.25) is 4.79 Å². The number of aromatic nitrogens is 3. The average Bonchev–Trinajstić information content (AvgIpc) is 2.90. The molecule has 0 saturated carbocycles. The van der Waals surface area contributed by atoms with Crippen LogP contribution < -0.4 is 18.9 Å². The lowest BCUT2D eigenvalue weighted by molar-refractivity contribution is 0.0978. The first kappa shape index (κ1) is 27.5. The Morgan fingerprint density at radius 2 is 1.56 bits per heavy atom. The fourth-order valence-electron chi connectivity index (χ4n) is 4.05. The molecule has 1 amide bonds. The van der Waals surface area contributed by atoms with Gasteiger partial charge in [0.2, 0.25) is 17.6 Å². The van der Waals surface area contributed by atoms with Gasteiger partial charge >= 0.3 is 0 Å². The maximum Gasteiger partial charge on any atom is 0.281 e. The first-order valence-corrected chi connectivity index (χ1v) is 13.4. The van der Waals surface area contributed by atoms with Crippen LogP contribution in [0.15, 0.2) is 59.6 Å². The highest BCUT2D eigenvalue weighted by Gasteiger charge is 2.25. The molecule has 3 heterocycles. The zero-order valence-electron chi connectivity index (χ0n) is 22.4. The largest absolute Gasteiger partial charge is 0.481 e. The molecule has 10 nitrogen and oxygen atoms in total. The minimum atomic E-state index is -4.26. The Bertz CT molecular complexity index is 1660. The number of aryl methyl sites for hydroxylation is 4. The van der Waals surface area contributed by atoms with E-state index in [4.69, 9.17) is 14.2 Å². The third kappa shape index (κ3) is 5.99. The summed E-state index contributed by atoms with van der Waals surface area (Å²) in [6.45, 7) is 7.38. The number of hydrogen-bond donors (Lipinski definition) is 1. The van der Waals surface area contributed by atoms with Crippen molar-refractivity contribution < 1.29 is 30.3 Å². The van der Waals surface area contributed by atoms with Gasteiger partial charge < -0.3 is 14.2 Å². The summed E-state index contributed by atoms with van der Waals surface area (Å²) < 4.78 is 44.7. The van der Waals surface area contributed by atoms with Gasteiger partial charge in [-0.2, -0.15) is 13.4 Å². The summed E-state index contributed by atoms with van der Waals surface area (Å²) in [6.07, 6.45) is 0. The molecule has 0 spiro atoms. The number of carbonyl (C=O) groups is 1. The Kier molecular flexibility index (Phi) is 7.82. The van der Waals surface area contributed by atoms with Crippen molar-refractivity contribution in [3.05, 3.63) is 82.5 Å². The van der Waals surface area contributed by atoms with Crippen LogP contribution in [0.4, 0.5) is 0 Å². The van der Waals surface area contributed by atoms with Crippen molar-refractivity contribution in [3.63, 3.8) is 0 Å². The van der Waals surface area contributed by atoms with Crippen LogP contribution in [0.25, 0.3) is 11.3 Å². The van der Waals surface area contributed by atoms with Gasteiger partial charge in [0.15, 0.2) is 5.03 Å². The van der Waals surface area contributed by atoms with E-state index in [-0.39, 0.29) is 25.2 Å². The number of sulfonamides is 1. The summed E-state index contributed by atoms with van der Waals surface area (Å²) in [7, 11) is -1.30. The third-order valence-corrected chi connectivity index (χ3v) is 7.02. The highest BCUT2D eigenvalue weighted by molar-refractivity contribution is 7.90. The SMILES string of the molecule is COc1ccc(-c2ccc(C(=O)NS(=O)(=O)c3cccc(C)n3)c(Oc3c(C)cc(C)cc3C)n2)c(OC)n1.[HH].[HH]. The van der Waals surface area contributed by atoms with Gasteiger partial charge in [-0.15, -0.1) is 0 Å². The van der Waals surface area contributed by atoms with Gasteiger partial charge in [0.05, 0.1) is 25.5 Å². The lowest BCUT2D eigenvalue weighted by Gasteiger charge is -2.16. The summed E-state index contributed by atoms with van der Waals surface area (Å²) in [6, 6.07) is 14.8. The van der Waals surface area contributed by atoms with Gasteiger partial charge in [-0.05, 0) is 69.2 Å². The van der Waals surface area contributed by atoms with E-state index >= 15 is 0 Å². The smallest absolute Gasteiger partial charge is 0.281 e. The fourth-order valence-corrected chi connectivity index (χ4v) is 5.03. The van der Waals surface area contributed by atoms with E-state index < -0.39 is 15.9 Å². The van der Waals surface area contributed by atoms with E-state index in [1.807, 2.05) is 32.9 Å². The Morgan fingerprint density at radius 3 is 2.21 bits per heavy atom. The second kappa shape index (κ2) is 11.1.